The molecule has 0 aromatic rings. The molecule has 2 nitrogen and oxygen atoms in total. The van der Waals surface area contributed by atoms with Crippen molar-refractivity contribution in [2.24, 2.45) is 0 Å². The molecule has 0 heterocycles. The summed E-state index contributed by atoms with van der Waals surface area (Å²) in [6.07, 6.45) is 7.56. The van der Waals surface area contributed by atoms with Crippen molar-refractivity contribution in [3.63, 3.8) is 0 Å². The van der Waals surface area contributed by atoms with Crippen molar-refractivity contribution >= 4 is 17.3 Å². The van der Waals surface area contributed by atoms with Gasteiger partial charge in [0, 0.05) is 13.1 Å². The molecular weight excluding hydrogens is 192 g/mol. The largest absolute Gasteiger partial charge is 0.363 e. The van der Waals surface area contributed by atoms with Gasteiger partial charge in [0.1, 0.15) is 0 Å². The lowest BCUT2D eigenvalue weighted by atomic mass is 10.2. The van der Waals surface area contributed by atoms with E-state index in [2.05, 4.69) is 24.5 Å². The number of rotatable bonds is 8. The molecule has 0 aromatic carbocycles. The maximum absolute atomic E-state index is 5.12. The van der Waals surface area contributed by atoms with Crippen molar-refractivity contribution in [2.75, 3.05) is 13.1 Å². The molecule has 2 N–H and O–H groups in total. The molecule has 0 aliphatic rings. The van der Waals surface area contributed by atoms with Gasteiger partial charge in [0.15, 0.2) is 5.11 Å². The van der Waals surface area contributed by atoms with E-state index in [1.165, 1.54) is 38.5 Å². The van der Waals surface area contributed by atoms with E-state index < -0.39 is 0 Å². The molecule has 0 aliphatic carbocycles. The minimum Gasteiger partial charge on any atom is -0.363 e. The lowest BCUT2D eigenvalue weighted by Gasteiger charge is -2.09. The van der Waals surface area contributed by atoms with E-state index in [9.17, 15) is 0 Å². The minimum atomic E-state index is 0.815. The molecule has 0 saturated carbocycles. The fraction of sp³-hybridized carbons (Fsp3) is 0.909. The monoisotopic (exact) mass is 216 g/mol. The van der Waals surface area contributed by atoms with Crippen LogP contribution in [-0.4, -0.2) is 18.2 Å². The second kappa shape index (κ2) is 10.8. The van der Waals surface area contributed by atoms with Crippen LogP contribution in [-0.2, 0) is 0 Å². The van der Waals surface area contributed by atoms with Gasteiger partial charge in [-0.1, -0.05) is 39.5 Å². The second-order valence-electron chi connectivity index (χ2n) is 3.60. The average Bonchev–Trinajstić information content (AvgIpc) is 2.18. The van der Waals surface area contributed by atoms with E-state index in [1.807, 2.05) is 0 Å². The standard InChI is InChI=1S/C11H24N2S/c1-3-5-7-8-10-13-11(14)12-9-6-4-2/h3-10H2,1-2H3,(H2,12,13,14). The maximum atomic E-state index is 5.12. The Balaban J connectivity index is 3.10. The Hall–Kier alpha value is -0.310. The van der Waals surface area contributed by atoms with Gasteiger partial charge >= 0.3 is 0 Å². The summed E-state index contributed by atoms with van der Waals surface area (Å²) in [6, 6.07) is 0. The zero-order valence-corrected chi connectivity index (χ0v) is 10.4. The van der Waals surface area contributed by atoms with Crippen molar-refractivity contribution in [2.45, 2.75) is 52.4 Å². The summed E-state index contributed by atoms with van der Waals surface area (Å²) in [4.78, 5) is 0. The van der Waals surface area contributed by atoms with Crippen LogP contribution < -0.4 is 10.6 Å². The summed E-state index contributed by atoms with van der Waals surface area (Å²) < 4.78 is 0. The van der Waals surface area contributed by atoms with Gasteiger partial charge in [-0.05, 0) is 25.1 Å². The first-order valence-electron chi connectivity index (χ1n) is 5.83. The summed E-state index contributed by atoms with van der Waals surface area (Å²) in [7, 11) is 0. The Morgan fingerprint density at radius 2 is 1.43 bits per heavy atom. The van der Waals surface area contributed by atoms with Crippen LogP contribution in [0, 0.1) is 0 Å². The van der Waals surface area contributed by atoms with Gasteiger partial charge in [0.2, 0.25) is 0 Å². The topological polar surface area (TPSA) is 24.1 Å². The van der Waals surface area contributed by atoms with E-state index in [0.29, 0.717) is 0 Å². The van der Waals surface area contributed by atoms with Crippen LogP contribution in [0.1, 0.15) is 52.4 Å². The van der Waals surface area contributed by atoms with Gasteiger partial charge in [0.25, 0.3) is 0 Å². The van der Waals surface area contributed by atoms with Crippen LogP contribution in [0.3, 0.4) is 0 Å². The van der Waals surface area contributed by atoms with Gasteiger partial charge in [-0.2, -0.15) is 0 Å². The van der Waals surface area contributed by atoms with Gasteiger partial charge in [-0.15, -0.1) is 0 Å². The SMILES string of the molecule is CCCCCCNC(=S)NCCCC. The van der Waals surface area contributed by atoms with Crippen molar-refractivity contribution < 1.29 is 0 Å². The predicted octanol–water partition coefficient (Wildman–Crippen LogP) is 2.83. The summed E-state index contributed by atoms with van der Waals surface area (Å²) in [5.74, 6) is 0. The lowest BCUT2D eigenvalue weighted by molar-refractivity contribution is 0.648. The third-order valence-corrected chi connectivity index (χ3v) is 2.42. The first-order valence-corrected chi connectivity index (χ1v) is 6.23. The predicted molar refractivity (Wildman–Crippen MR) is 67.7 cm³/mol. The minimum absolute atomic E-state index is 0.815. The molecule has 3 heteroatoms. The number of unbranched alkanes of at least 4 members (excludes halogenated alkanes) is 4. The molecule has 0 amide bonds. The third kappa shape index (κ3) is 9.78. The Morgan fingerprint density at radius 1 is 0.857 bits per heavy atom. The normalized spacial score (nSPS) is 9.86. The highest BCUT2D eigenvalue weighted by atomic mass is 32.1. The number of thiocarbonyl (C=S) groups is 1. The Bertz CT molecular complexity index is 137. The second-order valence-corrected chi connectivity index (χ2v) is 4.01. The highest BCUT2D eigenvalue weighted by molar-refractivity contribution is 7.80. The molecule has 0 saturated heterocycles. The van der Waals surface area contributed by atoms with Crippen LogP contribution in [0.15, 0.2) is 0 Å². The lowest BCUT2D eigenvalue weighted by Crippen LogP contribution is -2.36. The molecule has 0 fully saturated rings. The summed E-state index contributed by atoms with van der Waals surface area (Å²) in [5, 5.41) is 7.23. The summed E-state index contributed by atoms with van der Waals surface area (Å²) in [5.41, 5.74) is 0. The Labute approximate surface area is 93.8 Å². The quantitative estimate of drug-likeness (QED) is 0.482. The van der Waals surface area contributed by atoms with Gasteiger partial charge in [-0.3, -0.25) is 0 Å². The molecule has 0 rings (SSSR count). The van der Waals surface area contributed by atoms with E-state index in [-0.39, 0.29) is 0 Å². The number of hydrogen-bond acceptors (Lipinski definition) is 1. The highest BCUT2D eigenvalue weighted by Gasteiger charge is 1.93. The van der Waals surface area contributed by atoms with Gasteiger partial charge < -0.3 is 10.6 Å². The summed E-state index contributed by atoms with van der Waals surface area (Å²) in [6.45, 7) is 6.42. The van der Waals surface area contributed by atoms with Crippen LogP contribution >= 0.6 is 12.2 Å². The van der Waals surface area contributed by atoms with E-state index in [1.54, 1.807) is 0 Å². The molecule has 14 heavy (non-hydrogen) atoms. The Morgan fingerprint density at radius 3 is 2.00 bits per heavy atom. The van der Waals surface area contributed by atoms with Gasteiger partial charge in [0.05, 0.1) is 0 Å². The average molecular weight is 216 g/mol. The molecule has 84 valence electrons. The van der Waals surface area contributed by atoms with Crippen LogP contribution in [0.4, 0.5) is 0 Å². The zero-order chi connectivity index (χ0) is 10.6. The molecule has 0 aromatic heterocycles. The first kappa shape index (κ1) is 13.7. The molecule has 0 bridgehead atoms. The fourth-order valence-electron chi connectivity index (χ4n) is 1.19. The van der Waals surface area contributed by atoms with E-state index in [4.69, 9.17) is 12.2 Å². The van der Waals surface area contributed by atoms with E-state index >= 15 is 0 Å². The number of nitrogens with one attached hydrogen (secondary N) is 2. The summed E-state index contributed by atoms with van der Waals surface area (Å²) >= 11 is 5.12. The number of hydrogen-bond donors (Lipinski definition) is 2. The molecule has 0 aliphatic heterocycles. The van der Waals surface area contributed by atoms with Gasteiger partial charge in [-0.25, -0.2) is 0 Å². The van der Waals surface area contributed by atoms with Crippen molar-refractivity contribution in [1.82, 2.24) is 10.6 Å². The third-order valence-electron chi connectivity index (χ3n) is 2.13. The van der Waals surface area contributed by atoms with Crippen LogP contribution in [0.5, 0.6) is 0 Å². The van der Waals surface area contributed by atoms with Crippen molar-refractivity contribution in [1.29, 1.82) is 0 Å². The molecule has 0 spiro atoms. The molecular formula is C11H24N2S. The molecule has 0 atom stereocenters. The maximum Gasteiger partial charge on any atom is 0.166 e. The first-order chi connectivity index (χ1) is 6.81. The van der Waals surface area contributed by atoms with Crippen LogP contribution in [0.2, 0.25) is 0 Å². The molecule has 0 radical (unpaired) electrons. The van der Waals surface area contributed by atoms with Crippen LogP contribution in [0.25, 0.3) is 0 Å². The smallest absolute Gasteiger partial charge is 0.166 e. The molecule has 0 unspecified atom stereocenters. The van der Waals surface area contributed by atoms with Crippen molar-refractivity contribution in [3.8, 4) is 0 Å². The van der Waals surface area contributed by atoms with E-state index in [0.717, 1.165) is 18.2 Å². The zero-order valence-electron chi connectivity index (χ0n) is 9.57. The van der Waals surface area contributed by atoms with Crippen molar-refractivity contribution in [3.05, 3.63) is 0 Å². The Kier molecular flexibility index (Phi) is 10.5. The highest BCUT2D eigenvalue weighted by Crippen LogP contribution is 1.96. The fourth-order valence-corrected chi connectivity index (χ4v) is 1.40.